The molecule has 0 amide bonds. The van der Waals surface area contributed by atoms with E-state index < -0.39 is 15.7 Å². The molecular weight excluding hydrogens is 389 g/mol. The number of sulfone groups is 1. The van der Waals surface area contributed by atoms with Gasteiger partial charge in [0.2, 0.25) is 9.84 Å². The fraction of sp³-hybridized carbons (Fsp3) is 0.316. The van der Waals surface area contributed by atoms with Gasteiger partial charge in [0.05, 0.1) is 21.5 Å². The molecule has 27 heavy (non-hydrogen) atoms. The molecule has 1 aromatic carbocycles. The Morgan fingerprint density at radius 3 is 2.63 bits per heavy atom. The van der Waals surface area contributed by atoms with Crippen molar-refractivity contribution in [2.24, 2.45) is 5.92 Å². The molecule has 0 saturated carbocycles. The fourth-order valence-corrected chi connectivity index (χ4v) is 5.20. The van der Waals surface area contributed by atoms with Crippen molar-refractivity contribution >= 4 is 32.3 Å². The fourth-order valence-electron chi connectivity index (χ4n) is 3.58. The van der Waals surface area contributed by atoms with Crippen LogP contribution in [-0.2, 0) is 16.4 Å². The van der Waals surface area contributed by atoms with E-state index in [1.807, 2.05) is 4.57 Å². The van der Waals surface area contributed by atoms with Gasteiger partial charge in [-0.25, -0.2) is 17.8 Å². The molecule has 1 fully saturated rings. The number of fused-ring (bicyclic) bond motifs is 1. The van der Waals surface area contributed by atoms with E-state index in [4.69, 9.17) is 11.6 Å². The average molecular weight is 408 g/mol. The monoisotopic (exact) mass is 407 g/mol. The molecule has 3 aromatic rings. The van der Waals surface area contributed by atoms with Gasteiger partial charge in [-0.15, -0.1) is 0 Å². The lowest BCUT2D eigenvalue weighted by molar-refractivity contribution is 0.336. The number of rotatable bonds is 4. The quantitative estimate of drug-likeness (QED) is 0.529. The van der Waals surface area contributed by atoms with E-state index in [9.17, 15) is 12.8 Å². The van der Waals surface area contributed by atoms with E-state index in [1.54, 1.807) is 18.5 Å². The van der Waals surface area contributed by atoms with Crippen molar-refractivity contribution in [2.75, 3.05) is 13.1 Å². The molecule has 0 atom stereocenters. The minimum absolute atomic E-state index is 0.0535. The van der Waals surface area contributed by atoms with Crippen LogP contribution in [0.2, 0.25) is 5.15 Å². The summed E-state index contributed by atoms with van der Waals surface area (Å²) in [6.07, 6.45) is 5.35. The average Bonchev–Trinajstić information content (AvgIpc) is 3.01. The van der Waals surface area contributed by atoms with Crippen molar-refractivity contribution in [1.29, 1.82) is 0 Å². The van der Waals surface area contributed by atoms with Crippen molar-refractivity contribution < 1.29 is 12.8 Å². The van der Waals surface area contributed by atoms with Crippen molar-refractivity contribution in [3.8, 4) is 0 Å². The zero-order valence-electron chi connectivity index (χ0n) is 14.5. The van der Waals surface area contributed by atoms with Crippen LogP contribution >= 0.6 is 11.6 Å². The number of aromatic nitrogens is 2. The molecule has 0 aliphatic carbocycles. The Morgan fingerprint density at radius 1 is 1.22 bits per heavy atom. The van der Waals surface area contributed by atoms with E-state index in [-0.39, 0.29) is 14.9 Å². The van der Waals surface area contributed by atoms with Crippen LogP contribution in [0.3, 0.4) is 0 Å². The summed E-state index contributed by atoms with van der Waals surface area (Å²) in [6.45, 7) is 2.66. The van der Waals surface area contributed by atoms with Gasteiger partial charge in [0, 0.05) is 18.1 Å². The van der Waals surface area contributed by atoms with Gasteiger partial charge in [-0.2, -0.15) is 0 Å². The zero-order chi connectivity index (χ0) is 19.0. The summed E-state index contributed by atoms with van der Waals surface area (Å²) in [4.78, 5) is 4.35. The van der Waals surface area contributed by atoms with E-state index in [1.165, 1.54) is 12.1 Å². The summed E-state index contributed by atoms with van der Waals surface area (Å²) in [5.41, 5.74) is 0.735. The minimum Gasteiger partial charge on any atom is -0.345 e. The third-order valence-corrected chi connectivity index (χ3v) is 7.03. The van der Waals surface area contributed by atoms with Crippen LogP contribution in [-0.4, -0.2) is 31.1 Å². The van der Waals surface area contributed by atoms with Crippen LogP contribution in [0.4, 0.5) is 4.39 Å². The van der Waals surface area contributed by atoms with E-state index >= 15 is 0 Å². The summed E-state index contributed by atoms with van der Waals surface area (Å²) in [7, 11) is -3.81. The molecule has 3 heterocycles. The van der Waals surface area contributed by atoms with Crippen LogP contribution in [0, 0.1) is 11.7 Å². The SMILES string of the molecule is O=S(=O)(c1ccc(F)cc1)c1cn(CC2CCNCC2)c2cnc(Cl)cc12. The van der Waals surface area contributed by atoms with E-state index in [0.29, 0.717) is 11.3 Å². The first-order valence-electron chi connectivity index (χ1n) is 8.81. The van der Waals surface area contributed by atoms with Crippen molar-refractivity contribution in [2.45, 2.75) is 29.2 Å². The second kappa shape index (κ2) is 7.22. The highest BCUT2D eigenvalue weighted by Crippen LogP contribution is 2.32. The molecule has 0 radical (unpaired) electrons. The Labute approximate surface area is 162 Å². The molecule has 1 aliphatic heterocycles. The lowest BCUT2D eigenvalue weighted by atomic mass is 9.98. The largest absolute Gasteiger partial charge is 0.345 e. The summed E-state index contributed by atoms with van der Waals surface area (Å²) < 4.78 is 41.5. The van der Waals surface area contributed by atoms with Crippen LogP contribution in [0.1, 0.15) is 12.8 Å². The molecule has 1 saturated heterocycles. The second-order valence-corrected chi connectivity index (χ2v) is 9.13. The summed E-state index contributed by atoms with van der Waals surface area (Å²) in [5.74, 6) is -0.00608. The number of piperidine rings is 1. The molecule has 1 N–H and O–H groups in total. The molecular formula is C19H19ClFN3O2S. The third-order valence-electron chi connectivity index (χ3n) is 5.02. The minimum atomic E-state index is -3.81. The Kier molecular flexibility index (Phi) is 4.92. The first kappa shape index (κ1) is 18.4. The van der Waals surface area contributed by atoms with E-state index in [2.05, 4.69) is 10.3 Å². The Bertz CT molecular complexity index is 1070. The topological polar surface area (TPSA) is 64.0 Å². The van der Waals surface area contributed by atoms with Gasteiger partial charge in [0.1, 0.15) is 11.0 Å². The smallest absolute Gasteiger partial charge is 0.208 e. The van der Waals surface area contributed by atoms with Gasteiger partial charge in [-0.3, -0.25) is 0 Å². The number of hydrogen-bond acceptors (Lipinski definition) is 4. The maximum atomic E-state index is 13.2. The van der Waals surface area contributed by atoms with Gasteiger partial charge in [-0.05, 0) is 62.2 Å². The van der Waals surface area contributed by atoms with Crippen LogP contribution in [0.25, 0.3) is 10.9 Å². The predicted octanol–water partition coefficient (Wildman–Crippen LogP) is 3.66. The first-order valence-corrected chi connectivity index (χ1v) is 10.7. The Hall–Kier alpha value is -1.96. The van der Waals surface area contributed by atoms with Gasteiger partial charge < -0.3 is 9.88 Å². The predicted molar refractivity (Wildman–Crippen MR) is 102 cm³/mol. The lowest BCUT2D eigenvalue weighted by Gasteiger charge is -2.23. The Morgan fingerprint density at radius 2 is 1.93 bits per heavy atom. The number of nitrogens with zero attached hydrogens (tertiary/aromatic N) is 2. The number of benzene rings is 1. The molecule has 0 spiro atoms. The molecule has 1 aliphatic rings. The normalized spacial score (nSPS) is 16.1. The van der Waals surface area contributed by atoms with Crippen molar-refractivity contribution in [3.05, 3.63) is 53.7 Å². The lowest BCUT2D eigenvalue weighted by Crippen LogP contribution is -2.29. The van der Waals surface area contributed by atoms with Gasteiger partial charge in [0.15, 0.2) is 0 Å². The molecule has 0 unspecified atom stereocenters. The van der Waals surface area contributed by atoms with E-state index in [0.717, 1.165) is 50.1 Å². The van der Waals surface area contributed by atoms with Gasteiger partial charge in [-0.1, -0.05) is 11.6 Å². The van der Waals surface area contributed by atoms with Crippen LogP contribution < -0.4 is 5.32 Å². The van der Waals surface area contributed by atoms with Crippen LogP contribution in [0.5, 0.6) is 0 Å². The highest BCUT2D eigenvalue weighted by atomic mass is 35.5. The maximum absolute atomic E-state index is 13.2. The first-order chi connectivity index (χ1) is 12.9. The van der Waals surface area contributed by atoms with Crippen molar-refractivity contribution in [3.63, 3.8) is 0 Å². The van der Waals surface area contributed by atoms with Gasteiger partial charge in [0.25, 0.3) is 0 Å². The van der Waals surface area contributed by atoms with Crippen molar-refractivity contribution in [1.82, 2.24) is 14.9 Å². The Balaban J connectivity index is 1.82. The summed E-state index contributed by atoms with van der Waals surface area (Å²) in [5, 5.41) is 4.10. The van der Waals surface area contributed by atoms with Gasteiger partial charge >= 0.3 is 0 Å². The molecule has 5 nitrogen and oxygen atoms in total. The third kappa shape index (κ3) is 3.59. The number of pyridine rings is 1. The summed E-state index contributed by atoms with van der Waals surface area (Å²) >= 11 is 6.04. The molecule has 4 rings (SSSR count). The number of hydrogen-bond donors (Lipinski definition) is 1. The molecule has 142 valence electrons. The standard InChI is InChI=1S/C19H19ClFN3O2S/c20-19-9-16-17(10-23-19)24(11-13-5-7-22-8-6-13)12-18(16)27(25,26)15-3-1-14(21)2-4-15/h1-4,9-10,12-13,22H,5-8,11H2. The second-order valence-electron chi connectivity index (χ2n) is 6.82. The van der Waals surface area contributed by atoms with Crippen LogP contribution in [0.15, 0.2) is 52.5 Å². The number of nitrogens with one attached hydrogen (secondary N) is 1. The highest BCUT2D eigenvalue weighted by molar-refractivity contribution is 7.91. The molecule has 2 aromatic heterocycles. The molecule has 8 heteroatoms. The zero-order valence-corrected chi connectivity index (χ0v) is 16.1. The summed E-state index contributed by atoms with van der Waals surface area (Å²) in [6, 6.07) is 6.43. The molecule has 0 bridgehead atoms. The maximum Gasteiger partial charge on any atom is 0.208 e. The highest BCUT2D eigenvalue weighted by Gasteiger charge is 2.25. The number of halogens is 2.